The molecule has 492 valence electrons. The van der Waals surface area contributed by atoms with E-state index in [1.54, 1.807) is 0 Å². The van der Waals surface area contributed by atoms with Crippen LogP contribution in [-0.2, 0) is 14.3 Å². The maximum absolute atomic E-state index is 12.6. The van der Waals surface area contributed by atoms with E-state index in [0.717, 1.165) is 44.9 Å². The fourth-order valence-electron chi connectivity index (χ4n) is 12.2. The van der Waals surface area contributed by atoms with Crippen LogP contribution >= 0.6 is 0 Å². The summed E-state index contributed by atoms with van der Waals surface area (Å²) in [6.45, 7) is 5.00. The predicted octanol–water partition coefficient (Wildman–Crippen LogP) is 24.9. The zero-order valence-corrected chi connectivity index (χ0v) is 56.5. The maximum atomic E-state index is 12.6. The highest BCUT2D eigenvalue weighted by Crippen LogP contribution is 2.19. The van der Waals surface area contributed by atoms with Crippen LogP contribution < -0.4 is 5.32 Å². The molecule has 2 atom stereocenters. The number of nitrogens with one attached hydrogen (secondary N) is 1. The molecule has 0 aliphatic rings. The second-order valence-corrected chi connectivity index (χ2v) is 26.3. The molecule has 0 aromatic carbocycles. The van der Waals surface area contributed by atoms with Crippen LogP contribution in [0.15, 0.2) is 24.3 Å². The van der Waals surface area contributed by atoms with Crippen LogP contribution in [0.4, 0.5) is 0 Å². The maximum Gasteiger partial charge on any atom is 0.305 e. The Morgan fingerprint density at radius 2 is 0.566 bits per heavy atom. The Morgan fingerprint density at radius 3 is 0.855 bits per heavy atom. The van der Waals surface area contributed by atoms with E-state index in [9.17, 15) is 19.8 Å². The summed E-state index contributed by atoms with van der Waals surface area (Å²) < 4.78 is 5.51. The average molecular weight is 1170 g/mol. The Labute approximate surface area is 520 Å². The fraction of sp³-hybridized carbons (Fsp3) is 0.922. The van der Waals surface area contributed by atoms with Crippen molar-refractivity contribution in [3.05, 3.63) is 24.3 Å². The third-order valence-corrected chi connectivity index (χ3v) is 18.0. The number of carbonyl (C=O) groups is 2. The summed E-state index contributed by atoms with van der Waals surface area (Å²) in [5.41, 5.74) is 0. The van der Waals surface area contributed by atoms with Crippen LogP contribution in [0.2, 0.25) is 0 Å². The van der Waals surface area contributed by atoms with E-state index in [2.05, 4.69) is 43.5 Å². The normalized spacial score (nSPS) is 12.6. The highest BCUT2D eigenvalue weighted by molar-refractivity contribution is 5.76. The van der Waals surface area contributed by atoms with Crippen molar-refractivity contribution >= 4 is 11.9 Å². The van der Waals surface area contributed by atoms with Crippen molar-refractivity contribution in [1.29, 1.82) is 0 Å². The van der Waals surface area contributed by atoms with Crippen LogP contribution in [0.3, 0.4) is 0 Å². The van der Waals surface area contributed by atoms with Crippen LogP contribution in [0.1, 0.15) is 431 Å². The lowest BCUT2D eigenvalue weighted by Crippen LogP contribution is -2.45. The second kappa shape index (κ2) is 72.8. The van der Waals surface area contributed by atoms with E-state index >= 15 is 0 Å². The summed E-state index contributed by atoms with van der Waals surface area (Å²) in [7, 11) is 0. The standard InChI is InChI=1S/C77H149NO5/c1-3-5-7-9-11-13-15-17-19-21-23-31-34-37-41-45-49-53-57-61-65-69-75(80)74(73-79)78-76(81)70-66-62-58-54-50-46-42-38-35-32-29-27-25-24-26-28-30-33-36-40-44-48-52-56-60-64-68-72-83-77(82)71-67-63-59-55-51-47-43-39-22-20-18-16-14-12-10-8-6-4-2/h20,22,24-25,74-75,79-80H,3-19,21,23,26-73H2,1-2H3,(H,78,81)/b22-20-,25-24-. The Hall–Kier alpha value is -1.66. The first-order chi connectivity index (χ1) is 41.0. The Kier molecular flexibility index (Phi) is 71.4. The van der Waals surface area contributed by atoms with Gasteiger partial charge in [-0.25, -0.2) is 0 Å². The summed E-state index contributed by atoms with van der Waals surface area (Å²) in [4.78, 5) is 24.7. The average Bonchev–Trinajstić information content (AvgIpc) is 3.49. The molecule has 6 heteroatoms. The predicted molar refractivity (Wildman–Crippen MR) is 366 cm³/mol. The number of unbranched alkanes of at least 4 members (excludes halogenated alkanes) is 57. The number of ether oxygens (including phenoxy) is 1. The third-order valence-electron chi connectivity index (χ3n) is 18.0. The Morgan fingerprint density at radius 1 is 0.325 bits per heavy atom. The van der Waals surface area contributed by atoms with E-state index in [0.29, 0.717) is 25.9 Å². The zero-order chi connectivity index (χ0) is 59.9. The van der Waals surface area contributed by atoms with Crippen molar-refractivity contribution in [3.63, 3.8) is 0 Å². The van der Waals surface area contributed by atoms with Gasteiger partial charge in [0, 0.05) is 12.8 Å². The van der Waals surface area contributed by atoms with Gasteiger partial charge >= 0.3 is 5.97 Å². The first kappa shape index (κ1) is 81.3. The van der Waals surface area contributed by atoms with Gasteiger partial charge in [0.1, 0.15) is 0 Å². The van der Waals surface area contributed by atoms with Crippen LogP contribution in [0, 0.1) is 0 Å². The van der Waals surface area contributed by atoms with E-state index < -0.39 is 12.1 Å². The van der Waals surface area contributed by atoms with Gasteiger partial charge in [-0.2, -0.15) is 0 Å². The molecule has 6 nitrogen and oxygen atoms in total. The summed E-state index contributed by atoms with van der Waals surface area (Å²) in [6, 6.07) is -0.543. The summed E-state index contributed by atoms with van der Waals surface area (Å²) in [5.74, 6) is -0.0177. The van der Waals surface area contributed by atoms with Gasteiger partial charge in [0.2, 0.25) is 5.91 Å². The smallest absolute Gasteiger partial charge is 0.305 e. The monoisotopic (exact) mass is 1170 g/mol. The van der Waals surface area contributed by atoms with Crippen LogP contribution in [0.5, 0.6) is 0 Å². The lowest BCUT2D eigenvalue weighted by Gasteiger charge is -2.22. The minimum Gasteiger partial charge on any atom is -0.466 e. The van der Waals surface area contributed by atoms with E-state index in [4.69, 9.17) is 4.74 Å². The number of aliphatic hydroxyl groups excluding tert-OH is 2. The minimum atomic E-state index is -0.666. The number of rotatable bonds is 72. The molecule has 0 rings (SSSR count). The molecule has 0 radical (unpaired) electrons. The number of esters is 1. The third kappa shape index (κ3) is 69.3. The molecule has 83 heavy (non-hydrogen) atoms. The number of carbonyl (C=O) groups excluding carboxylic acids is 2. The van der Waals surface area contributed by atoms with Crippen molar-refractivity contribution in [2.45, 2.75) is 443 Å². The highest BCUT2D eigenvalue weighted by Gasteiger charge is 2.20. The molecule has 3 N–H and O–H groups in total. The van der Waals surface area contributed by atoms with Gasteiger partial charge in [-0.3, -0.25) is 9.59 Å². The SMILES string of the molecule is CCCCCCCCC/C=C\CCCCCCCCCC(=O)OCCCCCCCCCCCCCC/C=C\CCCCCCCCCCCCCC(=O)NC(CO)C(O)CCCCCCCCCCCCCCCCCCCCCCC. The topological polar surface area (TPSA) is 95.9 Å². The molecule has 0 saturated carbocycles. The molecule has 1 amide bonds. The van der Waals surface area contributed by atoms with Gasteiger partial charge in [-0.15, -0.1) is 0 Å². The van der Waals surface area contributed by atoms with Gasteiger partial charge in [0.25, 0.3) is 0 Å². The molecule has 2 unspecified atom stereocenters. The highest BCUT2D eigenvalue weighted by atomic mass is 16.5. The number of amides is 1. The van der Waals surface area contributed by atoms with E-state index in [1.165, 1.54) is 353 Å². The molecule has 0 saturated heterocycles. The fourth-order valence-corrected chi connectivity index (χ4v) is 12.2. The summed E-state index contributed by atoms with van der Waals surface area (Å²) in [5, 5.41) is 23.4. The lowest BCUT2D eigenvalue weighted by atomic mass is 10.0. The largest absolute Gasteiger partial charge is 0.466 e. The molecule has 0 aliphatic carbocycles. The minimum absolute atomic E-state index is 0.0133. The van der Waals surface area contributed by atoms with Gasteiger partial charge in [-0.1, -0.05) is 366 Å². The van der Waals surface area contributed by atoms with Crippen LogP contribution in [-0.4, -0.2) is 47.4 Å². The number of hydrogen-bond acceptors (Lipinski definition) is 5. The summed E-state index contributed by atoms with van der Waals surface area (Å²) in [6.07, 6.45) is 92.5. The molecule has 0 aliphatic heterocycles. The van der Waals surface area contributed by atoms with Crippen molar-refractivity contribution in [2.75, 3.05) is 13.2 Å². The summed E-state index contributed by atoms with van der Waals surface area (Å²) >= 11 is 0. The molecule has 0 heterocycles. The molecular weight excluding hydrogens is 1020 g/mol. The second-order valence-electron chi connectivity index (χ2n) is 26.3. The Balaban J connectivity index is 3.37. The first-order valence-electron chi connectivity index (χ1n) is 38.1. The van der Waals surface area contributed by atoms with Crippen LogP contribution in [0.25, 0.3) is 0 Å². The molecule has 0 aromatic rings. The van der Waals surface area contributed by atoms with E-state index in [1.807, 2.05) is 0 Å². The Bertz CT molecular complexity index is 1300. The van der Waals surface area contributed by atoms with Gasteiger partial charge in [-0.05, 0) is 77.0 Å². The van der Waals surface area contributed by atoms with E-state index in [-0.39, 0.29) is 18.5 Å². The first-order valence-corrected chi connectivity index (χ1v) is 38.1. The molecule has 0 bridgehead atoms. The molecule has 0 fully saturated rings. The van der Waals surface area contributed by atoms with Crippen molar-refractivity contribution in [1.82, 2.24) is 5.32 Å². The zero-order valence-electron chi connectivity index (χ0n) is 56.5. The van der Waals surface area contributed by atoms with Crippen molar-refractivity contribution in [2.24, 2.45) is 0 Å². The van der Waals surface area contributed by atoms with Gasteiger partial charge in [0.05, 0.1) is 25.4 Å². The van der Waals surface area contributed by atoms with Gasteiger partial charge < -0.3 is 20.3 Å². The number of aliphatic hydroxyl groups is 2. The molecular formula is C77H149NO5. The van der Waals surface area contributed by atoms with Crippen molar-refractivity contribution < 1.29 is 24.5 Å². The quantitative estimate of drug-likeness (QED) is 0.0320. The number of hydrogen-bond donors (Lipinski definition) is 3. The van der Waals surface area contributed by atoms with Gasteiger partial charge in [0.15, 0.2) is 0 Å². The molecule has 0 aromatic heterocycles. The molecule has 0 spiro atoms. The lowest BCUT2D eigenvalue weighted by molar-refractivity contribution is -0.143. The van der Waals surface area contributed by atoms with Crippen molar-refractivity contribution in [3.8, 4) is 0 Å². The number of allylic oxidation sites excluding steroid dienone is 4.